The number of halogens is 1. The van der Waals surface area contributed by atoms with Crippen LogP contribution in [0, 0.1) is 3.57 Å². The van der Waals surface area contributed by atoms with E-state index in [1.54, 1.807) is 7.11 Å². The maximum Gasteiger partial charge on any atom is 0.119 e. The van der Waals surface area contributed by atoms with Gasteiger partial charge >= 0.3 is 0 Å². The minimum Gasteiger partial charge on any atom is -0.497 e. The van der Waals surface area contributed by atoms with E-state index in [0.717, 1.165) is 17.0 Å². The molecule has 27 heavy (non-hydrogen) atoms. The summed E-state index contributed by atoms with van der Waals surface area (Å²) in [5.41, 5.74) is 4.41. The Balaban J connectivity index is 1.85. The van der Waals surface area contributed by atoms with Gasteiger partial charge in [0.25, 0.3) is 0 Å². The molecule has 0 aliphatic carbocycles. The number of hydrogen-bond acceptors (Lipinski definition) is 2. The first kappa shape index (κ1) is 17.7. The largest absolute Gasteiger partial charge is 0.497 e. The first-order valence-corrected chi connectivity index (χ1v) is 9.78. The topological polar surface area (TPSA) is 21.6 Å². The molecule has 0 N–H and O–H groups in total. The average Bonchev–Trinajstić information content (AvgIpc) is 2.72. The van der Waals surface area contributed by atoms with E-state index < -0.39 is 0 Å². The van der Waals surface area contributed by atoms with E-state index in [1.807, 2.05) is 30.5 Å². The maximum absolute atomic E-state index is 5.23. The van der Waals surface area contributed by atoms with E-state index in [2.05, 4.69) is 83.3 Å². The Kier molecular flexibility index (Phi) is 5.21. The molecular weight excluding hydrogens is 445 g/mol. The Labute approximate surface area is 172 Å². The second-order valence-corrected chi connectivity index (χ2v) is 7.46. The number of fused-ring (bicyclic) bond motifs is 1. The lowest BCUT2D eigenvalue weighted by molar-refractivity contribution is 0.415. The van der Waals surface area contributed by atoms with E-state index in [9.17, 15) is 0 Å². The number of rotatable bonds is 4. The monoisotopic (exact) mass is 463 g/mol. The Morgan fingerprint density at radius 3 is 2.44 bits per heavy atom. The quantitative estimate of drug-likeness (QED) is 0.239. The summed E-state index contributed by atoms with van der Waals surface area (Å²) >= 11 is 2.35. The summed E-state index contributed by atoms with van der Waals surface area (Å²) in [4.78, 5) is 4.73. The molecule has 0 aromatic heterocycles. The van der Waals surface area contributed by atoms with Gasteiger partial charge in [-0.15, -0.1) is 0 Å². The van der Waals surface area contributed by atoms with Gasteiger partial charge in [0.2, 0.25) is 0 Å². The number of methoxy groups -OCH3 is 1. The molecule has 0 bridgehead atoms. The van der Waals surface area contributed by atoms with Crippen molar-refractivity contribution in [2.75, 3.05) is 7.11 Å². The standard InChI is InChI=1S/C24H18INO/c1-27-21-12-10-20(11-13-21)26-16-24-22-8-3-2-5-17(22)9-14-23(24)18-6-4-7-19(25)15-18/h2-16H,1H3. The minimum absolute atomic E-state index is 0.832. The molecule has 4 rings (SSSR count). The van der Waals surface area contributed by atoms with Gasteiger partial charge in [-0.25, -0.2) is 0 Å². The molecule has 0 fully saturated rings. The lowest BCUT2D eigenvalue weighted by Crippen LogP contribution is -1.91. The van der Waals surface area contributed by atoms with Crippen LogP contribution >= 0.6 is 22.6 Å². The van der Waals surface area contributed by atoms with Gasteiger partial charge in [0.15, 0.2) is 0 Å². The number of hydrogen-bond donors (Lipinski definition) is 0. The molecule has 0 amide bonds. The van der Waals surface area contributed by atoms with Crippen LogP contribution in [0.4, 0.5) is 5.69 Å². The third-order valence-corrected chi connectivity index (χ3v) is 5.19. The molecule has 0 saturated heterocycles. The fourth-order valence-corrected chi connectivity index (χ4v) is 3.69. The molecule has 0 radical (unpaired) electrons. The Morgan fingerprint density at radius 2 is 1.67 bits per heavy atom. The van der Waals surface area contributed by atoms with Crippen molar-refractivity contribution in [1.29, 1.82) is 0 Å². The molecule has 4 aromatic rings. The molecule has 0 unspecified atom stereocenters. The van der Waals surface area contributed by atoms with Gasteiger partial charge in [-0.2, -0.15) is 0 Å². The fourth-order valence-electron chi connectivity index (χ4n) is 3.15. The summed E-state index contributed by atoms with van der Waals surface area (Å²) in [6, 6.07) is 29.1. The van der Waals surface area contributed by atoms with Crippen LogP contribution in [-0.4, -0.2) is 13.3 Å². The summed E-state index contributed by atoms with van der Waals surface area (Å²) in [6.07, 6.45) is 1.97. The molecule has 0 aliphatic heterocycles. The van der Waals surface area contributed by atoms with Crippen molar-refractivity contribution < 1.29 is 4.74 Å². The molecule has 132 valence electrons. The van der Waals surface area contributed by atoms with Crippen LogP contribution in [0.5, 0.6) is 5.75 Å². The Hall–Kier alpha value is -2.66. The molecular formula is C24H18INO. The van der Waals surface area contributed by atoms with Crippen molar-refractivity contribution in [2.45, 2.75) is 0 Å². The number of ether oxygens (including phenoxy) is 1. The molecule has 0 heterocycles. The van der Waals surface area contributed by atoms with Crippen LogP contribution in [0.25, 0.3) is 21.9 Å². The number of aliphatic imine (C=N–C) groups is 1. The highest BCUT2D eigenvalue weighted by atomic mass is 127. The average molecular weight is 463 g/mol. The van der Waals surface area contributed by atoms with Crippen LogP contribution in [0.1, 0.15) is 5.56 Å². The maximum atomic E-state index is 5.23. The second kappa shape index (κ2) is 7.92. The van der Waals surface area contributed by atoms with Crippen LogP contribution < -0.4 is 4.74 Å². The van der Waals surface area contributed by atoms with E-state index in [0.29, 0.717) is 0 Å². The first-order chi connectivity index (χ1) is 13.2. The predicted octanol–water partition coefficient (Wildman–Crippen LogP) is 6.87. The van der Waals surface area contributed by atoms with Crippen molar-refractivity contribution >= 4 is 45.3 Å². The zero-order chi connectivity index (χ0) is 18.6. The summed E-state index contributed by atoms with van der Waals surface area (Å²) < 4.78 is 6.44. The number of nitrogens with zero attached hydrogens (tertiary/aromatic N) is 1. The molecule has 3 heteroatoms. The van der Waals surface area contributed by atoms with Crippen LogP contribution in [0.3, 0.4) is 0 Å². The van der Waals surface area contributed by atoms with Crippen LogP contribution in [0.15, 0.2) is 89.9 Å². The summed E-state index contributed by atoms with van der Waals surface area (Å²) in [5, 5.41) is 2.41. The van der Waals surface area contributed by atoms with Gasteiger partial charge in [-0.05, 0) is 80.9 Å². The highest BCUT2D eigenvalue weighted by Crippen LogP contribution is 2.30. The second-order valence-electron chi connectivity index (χ2n) is 6.21. The molecule has 0 aliphatic rings. The highest BCUT2D eigenvalue weighted by Gasteiger charge is 2.08. The van der Waals surface area contributed by atoms with E-state index in [-0.39, 0.29) is 0 Å². The van der Waals surface area contributed by atoms with Gasteiger partial charge in [0, 0.05) is 15.3 Å². The first-order valence-electron chi connectivity index (χ1n) is 8.70. The highest BCUT2D eigenvalue weighted by molar-refractivity contribution is 14.1. The molecule has 2 nitrogen and oxygen atoms in total. The smallest absolute Gasteiger partial charge is 0.119 e. The van der Waals surface area contributed by atoms with Gasteiger partial charge in [0.05, 0.1) is 12.8 Å². The lowest BCUT2D eigenvalue weighted by Gasteiger charge is -2.11. The van der Waals surface area contributed by atoms with Crippen molar-refractivity contribution in [3.8, 4) is 16.9 Å². The van der Waals surface area contributed by atoms with Gasteiger partial charge in [-0.3, -0.25) is 4.99 Å². The normalized spacial score (nSPS) is 11.2. The molecule has 0 saturated carbocycles. The van der Waals surface area contributed by atoms with E-state index >= 15 is 0 Å². The van der Waals surface area contributed by atoms with E-state index in [4.69, 9.17) is 9.73 Å². The third-order valence-electron chi connectivity index (χ3n) is 4.52. The van der Waals surface area contributed by atoms with Crippen LogP contribution in [0.2, 0.25) is 0 Å². The lowest BCUT2D eigenvalue weighted by atomic mass is 9.95. The molecule has 0 spiro atoms. The van der Waals surface area contributed by atoms with Gasteiger partial charge in [0.1, 0.15) is 5.75 Å². The number of benzene rings is 4. The zero-order valence-electron chi connectivity index (χ0n) is 14.9. The predicted molar refractivity (Wildman–Crippen MR) is 122 cm³/mol. The SMILES string of the molecule is COc1ccc(N=Cc2c(-c3cccc(I)c3)ccc3ccccc23)cc1. The summed E-state index contributed by atoms with van der Waals surface area (Å²) in [5.74, 6) is 0.832. The van der Waals surface area contributed by atoms with Crippen molar-refractivity contribution in [3.05, 3.63) is 94.1 Å². The molecule has 0 atom stereocenters. The van der Waals surface area contributed by atoms with Gasteiger partial charge in [-0.1, -0.05) is 48.5 Å². The van der Waals surface area contributed by atoms with Gasteiger partial charge < -0.3 is 4.74 Å². The zero-order valence-corrected chi connectivity index (χ0v) is 17.1. The Morgan fingerprint density at radius 1 is 0.852 bits per heavy atom. The molecule has 4 aromatic carbocycles. The fraction of sp³-hybridized carbons (Fsp3) is 0.0417. The summed E-state index contributed by atoms with van der Waals surface area (Å²) in [6.45, 7) is 0. The third kappa shape index (κ3) is 3.88. The van der Waals surface area contributed by atoms with Crippen molar-refractivity contribution in [3.63, 3.8) is 0 Å². The summed E-state index contributed by atoms with van der Waals surface area (Å²) in [7, 11) is 1.67. The van der Waals surface area contributed by atoms with E-state index in [1.165, 1.54) is 25.5 Å². The van der Waals surface area contributed by atoms with Crippen molar-refractivity contribution in [2.24, 2.45) is 4.99 Å². The van der Waals surface area contributed by atoms with Crippen molar-refractivity contribution in [1.82, 2.24) is 0 Å². The minimum atomic E-state index is 0.832. The van der Waals surface area contributed by atoms with Crippen LogP contribution in [-0.2, 0) is 0 Å². The Bertz CT molecular complexity index is 1120.